The first-order chi connectivity index (χ1) is 7.19. The van der Waals surface area contributed by atoms with Gasteiger partial charge in [-0.15, -0.1) is 0 Å². The topological polar surface area (TPSA) is 132 Å². The van der Waals surface area contributed by atoms with Gasteiger partial charge in [0.2, 0.25) is 0 Å². The molecule has 0 heterocycles. The van der Waals surface area contributed by atoms with Gasteiger partial charge in [0.1, 0.15) is 0 Å². The van der Waals surface area contributed by atoms with Crippen LogP contribution in [0.3, 0.4) is 0 Å². The fourth-order valence-electron chi connectivity index (χ4n) is 0.714. The van der Waals surface area contributed by atoms with Crippen molar-refractivity contribution in [2.24, 2.45) is 0 Å². The van der Waals surface area contributed by atoms with Gasteiger partial charge in [-0.25, -0.2) is 4.79 Å². The van der Waals surface area contributed by atoms with Crippen LogP contribution in [0.5, 0.6) is 0 Å². The minimum atomic E-state index is -2.74. The molecule has 0 aliphatic carbocycles. The van der Waals surface area contributed by atoms with E-state index < -0.39 is 36.4 Å². The quantitative estimate of drug-likeness (QED) is 0.528. The Kier molecular flexibility index (Phi) is 9.60. The van der Waals surface area contributed by atoms with Gasteiger partial charge in [-0.05, 0) is 0 Å². The van der Waals surface area contributed by atoms with E-state index in [9.17, 15) is 14.4 Å². The molecule has 0 atom stereocenters. The monoisotopic (exact) mass is 325 g/mol. The van der Waals surface area contributed by atoms with Gasteiger partial charge in [-0.2, -0.15) is 0 Å². The molecule has 0 spiro atoms. The Morgan fingerprint density at radius 1 is 1.00 bits per heavy atom. The van der Waals surface area contributed by atoms with Gasteiger partial charge < -0.3 is 20.4 Å². The number of hydrogen-bond donors (Lipinski definition) is 4. The molecule has 16 heavy (non-hydrogen) atoms. The van der Waals surface area contributed by atoms with Gasteiger partial charge in [-0.3, -0.25) is 9.59 Å². The number of rotatable bonds is 5. The molecule has 0 fully saturated rings. The van der Waals surface area contributed by atoms with Crippen LogP contribution in [0.1, 0.15) is 12.8 Å². The van der Waals surface area contributed by atoms with E-state index in [1.165, 1.54) is 0 Å². The summed E-state index contributed by atoms with van der Waals surface area (Å²) in [6.45, 7) is 0. The van der Waals surface area contributed by atoms with Crippen molar-refractivity contribution in [3.63, 3.8) is 0 Å². The predicted molar refractivity (Wildman–Crippen MR) is 48.8 cm³/mol. The van der Waals surface area contributed by atoms with Gasteiger partial charge >= 0.3 is 51.2 Å². The van der Waals surface area contributed by atoms with Crippen LogP contribution in [0.15, 0.2) is 0 Å². The van der Waals surface area contributed by atoms with Crippen LogP contribution in [0.25, 0.3) is 0 Å². The summed E-state index contributed by atoms with van der Waals surface area (Å²) in [7, 11) is 9.34. The van der Waals surface area contributed by atoms with Crippen molar-refractivity contribution in [2.75, 3.05) is 0 Å². The Morgan fingerprint density at radius 2 is 1.25 bits per heavy atom. The zero-order valence-corrected chi connectivity index (χ0v) is 9.94. The molecule has 0 radical (unpaired) electrons. The Morgan fingerprint density at radius 3 is 1.38 bits per heavy atom. The molecule has 4 N–H and O–H groups in total. The normalized spacial score (nSPS) is 10.2. The molecule has 0 amide bonds. The number of aliphatic hydroxyl groups is 1. The van der Waals surface area contributed by atoms with Crippen molar-refractivity contribution in [1.82, 2.24) is 0 Å². The van der Waals surface area contributed by atoms with Crippen LogP contribution in [-0.4, -0.2) is 43.9 Å². The molecule has 0 bridgehead atoms. The first-order valence-electron chi connectivity index (χ1n) is 3.40. The molecule has 0 saturated carbocycles. The van der Waals surface area contributed by atoms with Gasteiger partial charge in [0, 0.05) is 0 Å². The van der Waals surface area contributed by atoms with Gasteiger partial charge in [0.25, 0.3) is 0 Å². The molecule has 0 aliphatic rings. The second-order valence-electron chi connectivity index (χ2n) is 2.52. The zero-order valence-electron chi connectivity index (χ0n) is 7.49. The summed E-state index contributed by atoms with van der Waals surface area (Å²) < 4.78 is 0. The van der Waals surface area contributed by atoms with E-state index in [4.69, 9.17) is 20.4 Å². The average Bonchev–Trinajstić information content (AvgIpc) is 2.01. The van der Waals surface area contributed by atoms with Crippen molar-refractivity contribution in [3.05, 3.63) is 0 Å². The molecule has 0 aromatic rings. The summed E-state index contributed by atoms with van der Waals surface area (Å²) >= 11 is 0.757. The number of hydrogen-bond acceptors (Lipinski definition) is 4. The number of aliphatic carboxylic acids is 3. The standard InChI is InChI=1S/C6H8O7.2ClH.Cu/c7-3(8)1-6(13,5(11)12)2-4(9)10;;;/h13H,1-2H2,(H,7,8)(H,9,10)(H,11,12);2*1H;/q;;;+2/p-2. The van der Waals surface area contributed by atoms with E-state index in [1.807, 2.05) is 0 Å². The second kappa shape index (κ2) is 8.60. The Bertz CT molecular complexity index is 254. The van der Waals surface area contributed by atoms with Crippen molar-refractivity contribution in [1.29, 1.82) is 0 Å². The Balaban J connectivity index is 0. The molecule has 0 aliphatic heterocycles. The number of carboxylic acid groups (broad SMARTS) is 3. The summed E-state index contributed by atoms with van der Waals surface area (Å²) in [6, 6.07) is 0. The minimum absolute atomic E-state index is 0.757. The van der Waals surface area contributed by atoms with Crippen LogP contribution in [0.4, 0.5) is 0 Å². The SMILES string of the molecule is O=C(O)CC(O)(CC(=O)O)C(=O)O.[Cl][Cu][Cl]. The molecule has 0 saturated heterocycles. The third-order valence-electron chi connectivity index (χ3n) is 1.29. The van der Waals surface area contributed by atoms with Crippen LogP contribution >= 0.6 is 20.2 Å². The maximum absolute atomic E-state index is 10.3. The Hall–Kier alpha value is -0.531. The van der Waals surface area contributed by atoms with Crippen LogP contribution in [-0.2, 0) is 27.5 Å². The van der Waals surface area contributed by atoms with Crippen molar-refractivity contribution in [3.8, 4) is 0 Å². The first kappa shape index (κ1) is 17.9. The third kappa shape index (κ3) is 8.75. The van der Waals surface area contributed by atoms with Crippen LogP contribution < -0.4 is 0 Å². The number of halogens is 2. The van der Waals surface area contributed by atoms with E-state index in [0.29, 0.717) is 0 Å². The molecule has 99 valence electrons. The fraction of sp³-hybridized carbons (Fsp3) is 0.500. The van der Waals surface area contributed by atoms with E-state index in [-0.39, 0.29) is 0 Å². The zero-order chi connectivity index (χ0) is 13.4. The van der Waals surface area contributed by atoms with Crippen molar-refractivity contribution >= 4 is 38.1 Å². The third-order valence-corrected chi connectivity index (χ3v) is 1.29. The Labute approximate surface area is 105 Å². The molecule has 10 heteroatoms. The van der Waals surface area contributed by atoms with Gasteiger partial charge in [-0.1, -0.05) is 0 Å². The van der Waals surface area contributed by atoms with Crippen molar-refractivity contribution < 1.29 is 47.9 Å². The molecule has 0 aromatic carbocycles. The number of carbonyl (C=O) groups is 3. The molecule has 0 unspecified atom stereocenters. The van der Waals surface area contributed by atoms with E-state index in [1.54, 1.807) is 0 Å². The predicted octanol–water partition coefficient (Wildman–Crippen LogP) is 0.128. The summed E-state index contributed by atoms with van der Waals surface area (Å²) in [5.41, 5.74) is -2.74. The molecule has 0 aromatic heterocycles. The summed E-state index contributed by atoms with van der Waals surface area (Å²) in [6.07, 6.45) is -2.29. The first-order valence-corrected chi connectivity index (χ1v) is 5.99. The molecular formula is C6H8Cl2CuO7. The van der Waals surface area contributed by atoms with E-state index in [0.717, 1.165) is 13.1 Å². The van der Waals surface area contributed by atoms with E-state index in [2.05, 4.69) is 20.2 Å². The maximum atomic E-state index is 10.3. The second-order valence-corrected chi connectivity index (χ2v) is 4.08. The van der Waals surface area contributed by atoms with Crippen LogP contribution in [0.2, 0.25) is 0 Å². The molecule has 7 nitrogen and oxygen atoms in total. The van der Waals surface area contributed by atoms with Gasteiger partial charge in [0.05, 0.1) is 12.8 Å². The fourth-order valence-corrected chi connectivity index (χ4v) is 0.714. The molecular weight excluding hydrogens is 319 g/mol. The molecule has 0 rings (SSSR count). The van der Waals surface area contributed by atoms with Crippen molar-refractivity contribution in [2.45, 2.75) is 18.4 Å². The van der Waals surface area contributed by atoms with E-state index >= 15 is 0 Å². The van der Waals surface area contributed by atoms with Crippen LogP contribution in [0, 0.1) is 0 Å². The van der Waals surface area contributed by atoms with Gasteiger partial charge in [0.15, 0.2) is 5.60 Å². The summed E-state index contributed by atoms with van der Waals surface area (Å²) in [4.78, 5) is 30.5. The average molecular weight is 327 g/mol. The summed E-state index contributed by atoms with van der Waals surface area (Å²) in [5, 5.41) is 33.8. The summed E-state index contributed by atoms with van der Waals surface area (Å²) in [5.74, 6) is -5.02. The number of carboxylic acids is 3.